The number of amides is 1. The van der Waals surface area contributed by atoms with E-state index in [9.17, 15) is 4.79 Å². The van der Waals surface area contributed by atoms with Crippen molar-refractivity contribution in [1.82, 2.24) is 14.8 Å². The molecule has 0 aliphatic carbocycles. The molecule has 1 aromatic heterocycles. The largest absolute Gasteiger partial charge is 0.379 e. The molecule has 2 aliphatic heterocycles. The van der Waals surface area contributed by atoms with Crippen LogP contribution in [0.25, 0.3) is 0 Å². The number of nitrogens with one attached hydrogen (secondary N) is 1. The molecule has 1 aromatic rings. The molecule has 5 heteroatoms. The molecule has 1 amide bonds. The van der Waals surface area contributed by atoms with Gasteiger partial charge in [0.25, 0.3) is 0 Å². The summed E-state index contributed by atoms with van der Waals surface area (Å²) in [6.07, 6.45) is 0. The van der Waals surface area contributed by atoms with Crippen LogP contribution in [-0.2, 0) is 16.1 Å². The van der Waals surface area contributed by atoms with E-state index in [2.05, 4.69) is 35.9 Å². The third-order valence-corrected chi connectivity index (χ3v) is 4.74. The lowest BCUT2D eigenvalue weighted by Crippen LogP contribution is -2.48. The van der Waals surface area contributed by atoms with Crippen LogP contribution in [0.2, 0.25) is 0 Å². The van der Waals surface area contributed by atoms with E-state index in [4.69, 9.17) is 4.74 Å². The molecule has 3 unspecified atom stereocenters. The van der Waals surface area contributed by atoms with Gasteiger partial charge in [-0.15, -0.1) is 0 Å². The summed E-state index contributed by atoms with van der Waals surface area (Å²) in [6.45, 7) is 7.08. The maximum absolute atomic E-state index is 12.8. The van der Waals surface area contributed by atoms with E-state index in [1.165, 1.54) is 11.4 Å². The van der Waals surface area contributed by atoms with Crippen LogP contribution in [0, 0.1) is 12.8 Å². The third kappa shape index (κ3) is 2.05. The summed E-state index contributed by atoms with van der Waals surface area (Å²) >= 11 is 0. The molecule has 1 N–H and O–H groups in total. The molecular weight excluding hydrogens is 254 g/mol. The van der Waals surface area contributed by atoms with Crippen LogP contribution in [0.1, 0.15) is 24.4 Å². The number of aryl methyl sites for hydroxylation is 1. The first-order valence-corrected chi connectivity index (χ1v) is 7.35. The number of nitrogens with zero attached hydrogens (tertiary/aromatic N) is 2. The van der Waals surface area contributed by atoms with Crippen LogP contribution in [0.4, 0.5) is 0 Å². The molecule has 2 aliphatic rings. The first-order chi connectivity index (χ1) is 9.63. The van der Waals surface area contributed by atoms with Crippen molar-refractivity contribution in [3.8, 4) is 0 Å². The minimum absolute atomic E-state index is 0.0509. The molecule has 0 saturated carbocycles. The molecule has 0 radical (unpaired) electrons. The zero-order valence-electron chi connectivity index (χ0n) is 12.4. The first-order valence-electron chi connectivity index (χ1n) is 7.35. The summed E-state index contributed by atoms with van der Waals surface area (Å²) in [5, 5.41) is 3.19. The van der Waals surface area contributed by atoms with Crippen molar-refractivity contribution >= 4 is 5.91 Å². The van der Waals surface area contributed by atoms with Crippen molar-refractivity contribution in [2.45, 2.75) is 32.5 Å². The Hall–Kier alpha value is -1.33. The van der Waals surface area contributed by atoms with Gasteiger partial charge in [-0.2, -0.15) is 0 Å². The Labute approximate surface area is 119 Å². The van der Waals surface area contributed by atoms with E-state index in [-0.39, 0.29) is 23.9 Å². The lowest BCUT2D eigenvalue weighted by molar-refractivity contribution is -0.139. The van der Waals surface area contributed by atoms with Gasteiger partial charge in [0.2, 0.25) is 5.91 Å². The number of carbonyl (C=O) groups is 1. The monoisotopic (exact) mass is 277 g/mol. The molecular formula is C15H23N3O2. The minimum atomic E-state index is -0.0509. The fourth-order valence-corrected chi connectivity index (χ4v) is 3.42. The topological polar surface area (TPSA) is 46.5 Å². The average molecular weight is 277 g/mol. The highest BCUT2D eigenvalue weighted by Gasteiger charge is 2.38. The van der Waals surface area contributed by atoms with Gasteiger partial charge in [0.1, 0.15) is 0 Å². The van der Waals surface area contributed by atoms with Crippen LogP contribution < -0.4 is 5.32 Å². The summed E-state index contributed by atoms with van der Waals surface area (Å²) in [5.74, 6) is 0.171. The number of fused-ring (bicyclic) bond motifs is 1. The Morgan fingerprint density at radius 1 is 1.35 bits per heavy atom. The third-order valence-electron chi connectivity index (χ3n) is 4.74. The maximum Gasteiger partial charge on any atom is 0.230 e. The normalized spacial score (nSPS) is 29.6. The second kappa shape index (κ2) is 5.22. The van der Waals surface area contributed by atoms with E-state index in [0.717, 1.165) is 13.1 Å². The van der Waals surface area contributed by atoms with Crippen molar-refractivity contribution < 1.29 is 9.53 Å². The number of carbonyl (C=O) groups excluding carboxylic acids is 1. The highest BCUT2D eigenvalue weighted by Crippen LogP contribution is 2.29. The summed E-state index contributed by atoms with van der Waals surface area (Å²) in [7, 11) is 1.90. The second-order valence-electron chi connectivity index (χ2n) is 5.80. The molecule has 0 bridgehead atoms. The van der Waals surface area contributed by atoms with Gasteiger partial charge in [0.15, 0.2) is 0 Å². The summed E-state index contributed by atoms with van der Waals surface area (Å²) < 4.78 is 7.78. The molecule has 5 nitrogen and oxygen atoms in total. The van der Waals surface area contributed by atoms with Gasteiger partial charge in [-0.3, -0.25) is 4.79 Å². The molecule has 1 fully saturated rings. The molecule has 1 saturated heterocycles. The van der Waals surface area contributed by atoms with Crippen LogP contribution in [-0.4, -0.2) is 48.2 Å². The van der Waals surface area contributed by atoms with Crippen LogP contribution in [0.5, 0.6) is 0 Å². The Bertz CT molecular complexity index is 511. The number of hydrogen-bond donors (Lipinski definition) is 1. The summed E-state index contributed by atoms with van der Waals surface area (Å²) in [6, 6.07) is 4.56. The lowest BCUT2D eigenvalue weighted by Gasteiger charge is -2.37. The van der Waals surface area contributed by atoms with Gasteiger partial charge in [-0.05, 0) is 33.0 Å². The Kier molecular flexibility index (Phi) is 3.56. The zero-order valence-corrected chi connectivity index (χ0v) is 12.4. The number of rotatable bonds is 2. The van der Waals surface area contributed by atoms with Crippen molar-refractivity contribution in [3.63, 3.8) is 0 Å². The van der Waals surface area contributed by atoms with Gasteiger partial charge in [-0.25, -0.2) is 0 Å². The van der Waals surface area contributed by atoms with E-state index in [1.807, 2.05) is 11.9 Å². The minimum Gasteiger partial charge on any atom is -0.379 e. The van der Waals surface area contributed by atoms with Crippen LogP contribution >= 0.6 is 0 Å². The van der Waals surface area contributed by atoms with Crippen LogP contribution in [0.3, 0.4) is 0 Å². The lowest BCUT2D eigenvalue weighted by atomic mass is 10.00. The summed E-state index contributed by atoms with van der Waals surface area (Å²) in [4.78, 5) is 14.8. The van der Waals surface area contributed by atoms with Crippen molar-refractivity contribution in [2.24, 2.45) is 5.92 Å². The van der Waals surface area contributed by atoms with Gasteiger partial charge in [0.05, 0.1) is 25.2 Å². The SMILES string of the molecule is CNC1COCC1C(=O)N1CCn2c(C)ccc2C1C. The molecule has 3 atom stereocenters. The molecule has 3 rings (SSSR count). The second-order valence-corrected chi connectivity index (χ2v) is 5.80. The standard InChI is InChI=1S/C15H23N3O2/c1-10-4-5-14-11(2)18(7-6-17(10)14)15(19)12-8-20-9-13(12)16-3/h4-5,11-13,16H,6-9H2,1-3H3. The molecule has 20 heavy (non-hydrogen) atoms. The number of hydrogen-bond acceptors (Lipinski definition) is 3. The fourth-order valence-electron chi connectivity index (χ4n) is 3.42. The van der Waals surface area contributed by atoms with Crippen molar-refractivity contribution in [1.29, 1.82) is 0 Å². The Morgan fingerprint density at radius 3 is 2.90 bits per heavy atom. The number of ether oxygens (including phenoxy) is 1. The molecule has 3 heterocycles. The first kappa shape index (κ1) is 13.6. The van der Waals surface area contributed by atoms with Crippen LogP contribution in [0.15, 0.2) is 12.1 Å². The summed E-state index contributed by atoms with van der Waals surface area (Å²) in [5.41, 5.74) is 2.51. The Morgan fingerprint density at radius 2 is 2.15 bits per heavy atom. The predicted octanol–water partition coefficient (Wildman–Crippen LogP) is 0.934. The van der Waals surface area contributed by atoms with Crippen molar-refractivity contribution in [3.05, 3.63) is 23.5 Å². The highest BCUT2D eigenvalue weighted by molar-refractivity contribution is 5.80. The zero-order chi connectivity index (χ0) is 14.3. The van der Waals surface area contributed by atoms with Gasteiger partial charge in [0, 0.05) is 30.5 Å². The van der Waals surface area contributed by atoms with E-state index < -0.39 is 0 Å². The molecule has 0 aromatic carbocycles. The predicted molar refractivity (Wildman–Crippen MR) is 76.5 cm³/mol. The van der Waals surface area contributed by atoms with E-state index in [1.54, 1.807) is 0 Å². The maximum atomic E-state index is 12.8. The average Bonchev–Trinajstić information content (AvgIpc) is 3.06. The smallest absolute Gasteiger partial charge is 0.230 e. The quantitative estimate of drug-likeness (QED) is 0.875. The fraction of sp³-hybridized carbons (Fsp3) is 0.667. The van der Waals surface area contributed by atoms with E-state index >= 15 is 0 Å². The van der Waals surface area contributed by atoms with Crippen molar-refractivity contribution in [2.75, 3.05) is 26.8 Å². The highest BCUT2D eigenvalue weighted by atomic mass is 16.5. The Balaban J connectivity index is 1.80. The number of aromatic nitrogens is 1. The van der Waals surface area contributed by atoms with Gasteiger partial charge < -0.3 is 19.5 Å². The van der Waals surface area contributed by atoms with E-state index in [0.29, 0.717) is 13.2 Å². The van der Waals surface area contributed by atoms with Gasteiger partial charge >= 0.3 is 0 Å². The molecule has 110 valence electrons. The molecule has 0 spiro atoms. The van der Waals surface area contributed by atoms with Gasteiger partial charge in [-0.1, -0.05) is 0 Å². The number of likely N-dealkylation sites (N-methyl/N-ethyl adjacent to an activating group) is 1.